The van der Waals surface area contributed by atoms with Gasteiger partial charge in [-0.25, -0.2) is 8.42 Å². The molecule has 3 aromatic rings. The topological polar surface area (TPSA) is 95.5 Å². The Bertz CT molecular complexity index is 1280. The van der Waals surface area contributed by atoms with Crippen molar-refractivity contribution < 1.29 is 13.2 Å². The van der Waals surface area contributed by atoms with Crippen LogP contribution in [-0.2, 0) is 14.8 Å². The van der Waals surface area contributed by atoms with Crippen LogP contribution in [0.15, 0.2) is 59.5 Å². The lowest BCUT2D eigenvalue weighted by molar-refractivity contribution is -0.115. The summed E-state index contributed by atoms with van der Waals surface area (Å²) < 4.78 is 27.6. The van der Waals surface area contributed by atoms with Crippen molar-refractivity contribution >= 4 is 50.6 Å². The van der Waals surface area contributed by atoms with Crippen LogP contribution in [0.5, 0.6) is 0 Å². The molecule has 8 nitrogen and oxygen atoms in total. The zero-order valence-electron chi connectivity index (χ0n) is 18.4. The van der Waals surface area contributed by atoms with E-state index in [0.29, 0.717) is 59.8 Å². The van der Waals surface area contributed by atoms with Crippen molar-refractivity contribution in [1.82, 2.24) is 14.5 Å². The van der Waals surface area contributed by atoms with Gasteiger partial charge in [-0.1, -0.05) is 30.1 Å². The number of halogens is 2. The van der Waals surface area contributed by atoms with Crippen LogP contribution in [0.4, 0.5) is 11.5 Å². The van der Waals surface area contributed by atoms with Gasteiger partial charge in [0.05, 0.1) is 15.6 Å². The van der Waals surface area contributed by atoms with Crippen molar-refractivity contribution in [3.8, 4) is 11.3 Å². The molecule has 2 aromatic carbocycles. The van der Waals surface area contributed by atoms with Crippen molar-refractivity contribution in [3.63, 3.8) is 0 Å². The van der Waals surface area contributed by atoms with E-state index in [1.165, 1.54) is 16.4 Å². The van der Waals surface area contributed by atoms with E-state index in [2.05, 4.69) is 15.5 Å². The second-order valence-electron chi connectivity index (χ2n) is 7.72. The van der Waals surface area contributed by atoms with Crippen LogP contribution in [0.25, 0.3) is 11.3 Å². The fourth-order valence-electron chi connectivity index (χ4n) is 3.60. The van der Waals surface area contributed by atoms with Crippen molar-refractivity contribution in [3.05, 3.63) is 64.6 Å². The van der Waals surface area contributed by atoms with Crippen LogP contribution in [0.2, 0.25) is 10.0 Å². The summed E-state index contributed by atoms with van der Waals surface area (Å²) in [6.45, 7) is 3.37. The predicted molar refractivity (Wildman–Crippen MR) is 134 cm³/mol. The van der Waals surface area contributed by atoms with Crippen LogP contribution >= 0.6 is 23.2 Å². The van der Waals surface area contributed by atoms with Gasteiger partial charge >= 0.3 is 0 Å². The highest BCUT2D eigenvalue weighted by Crippen LogP contribution is 2.29. The van der Waals surface area contributed by atoms with Crippen molar-refractivity contribution in [2.45, 2.75) is 18.2 Å². The van der Waals surface area contributed by atoms with E-state index in [1.807, 2.05) is 17.0 Å². The molecule has 178 valence electrons. The lowest BCUT2D eigenvalue weighted by Gasteiger charge is -2.34. The van der Waals surface area contributed by atoms with Gasteiger partial charge < -0.3 is 10.2 Å². The van der Waals surface area contributed by atoms with E-state index in [0.717, 1.165) is 5.56 Å². The molecular formula is C23H23Cl2N5O3S. The summed E-state index contributed by atoms with van der Waals surface area (Å²) in [4.78, 5) is 13.7. The number of hydrogen-bond acceptors (Lipinski definition) is 6. The molecule has 0 saturated carbocycles. The molecule has 4 rings (SSSR count). The highest BCUT2D eigenvalue weighted by atomic mass is 35.5. The molecule has 0 unspecified atom stereocenters. The van der Waals surface area contributed by atoms with Crippen LogP contribution in [-0.4, -0.2) is 55.0 Å². The summed E-state index contributed by atoms with van der Waals surface area (Å²) >= 11 is 12.2. The van der Waals surface area contributed by atoms with Gasteiger partial charge in [0.1, 0.15) is 0 Å². The van der Waals surface area contributed by atoms with Crippen molar-refractivity contribution in [1.29, 1.82) is 0 Å². The zero-order valence-corrected chi connectivity index (χ0v) is 20.7. The zero-order chi connectivity index (χ0) is 24.3. The van der Waals surface area contributed by atoms with E-state index < -0.39 is 10.0 Å². The first-order valence-corrected chi connectivity index (χ1v) is 12.9. The molecule has 1 fully saturated rings. The molecule has 1 N–H and O–H groups in total. The molecule has 11 heteroatoms. The van der Waals surface area contributed by atoms with Gasteiger partial charge in [0.25, 0.3) is 0 Å². The maximum atomic E-state index is 13.0. The number of rotatable bonds is 6. The minimum absolute atomic E-state index is 0.126. The van der Waals surface area contributed by atoms with Crippen LogP contribution < -0.4 is 10.2 Å². The minimum atomic E-state index is -3.64. The molecule has 1 aromatic heterocycles. The monoisotopic (exact) mass is 519 g/mol. The van der Waals surface area contributed by atoms with Gasteiger partial charge in [0, 0.05) is 48.9 Å². The Morgan fingerprint density at radius 1 is 0.971 bits per heavy atom. The standard InChI is InChI=1S/C23H23Cl2N5O3S/c1-2-23(31)26-17-4-6-18(7-5-17)34(32,33)30-13-11-29(12-14-30)22-10-9-21(27-28-22)19-8-3-16(24)15-20(19)25/h3-10,15H,2,11-14H2,1H3,(H,26,31). The molecule has 1 aliphatic rings. The Hall–Kier alpha value is -2.72. The number of hydrogen-bond donors (Lipinski definition) is 1. The van der Waals surface area contributed by atoms with Gasteiger partial charge in [-0.15, -0.1) is 10.2 Å². The quantitative estimate of drug-likeness (QED) is 0.521. The highest BCUT2D eigenvalue weighted by molar-refractivity contribution is 7.89. The second-order valence-corrected chi connectivity index (χ2v) is 10.5. The van der Waals surface area contributed by atoms with Crippen LogP contribution in [0.1, 0.15) is 13.3 Å². The number of carbonyl (C=O) groups excluding carboxylic acids is 1. The number of carbonyl (C=O) groups is 1. The molecule has 1 aliphatic heterocycles. The van der Waals surface area contributed by atoms with Gasteiger partial charge in [0.15, 0.2) is 5.82 Å². The lowest BCUT2D eigenvalue weighted by atomic mass is 10.1. The van der Waals surface area contributed by atoms with Crippen molar-refractivity contribution in [2.24, 2.45) is 0 Å². The third-order valence-corrected chi connectivity index (χ3v) is 7.98. The second kappa shape index (κ2) is 10.3. The number of piperazine rings is 1. The number of nitrogens with zero attached hydrogens (tertiary/aromatic N) is 4. The third kappa shape index (κ3) is 5.33. The summed E-state index contributed by atoms with van der Waals surface area (Å²) in [5.41, 5.74) is 1.93. The molecule has 1 saturated heterocycles. The molecule has 0 spiro atoms. The maximum Gasteiger partial charge on any atom is 0.243 e. The Morgan fingerprint density at radius 2 is 1.68 bits per heavy atom. The summed E-state index contributed by atoms with van der Waals surface area (Å²) in [6, 6.07) is 15.1. The van der Waals surface area contributed by atoms with E-state index in [-0.39, 0.29) is 10.8 Å². The normalized spacial score (nSPS) is 14.7. The molecule has 0 atom stereocenters. The third-order valence-electron chi connectivity index (χ3n) is 5.52. The molecule has 0 aliphatic carbocycles. The first kappa shape index (κ1) is 24.4. The van der Waals surface area contributed by atoms with Gasteiger partial charge in [0.2, 0.25) is 15.9 Å². The highest BCUT2D eigenvalue weighted by Gasteiger charge is 2.29. The summed E-state index contributed by atoms with van der Waals surface area (Å²) in [5.74, 6) is 0.543. The Labute approximate surface area is 208 Å². The number of amides is 1. The Morgan fingerprint density at radius 3 is 2.26 bits per heavy atom. The van der Waals surface area contributed by atoms with Crippen LogP contribution in [0.3, 0.4) is 0 Å². The average Bonchev–Trinajstić information content (AvgIpc) is 2.84. The summed E-state index contributed by atoms with van der Waals surface area (Å²) in [7, 11) is -3.64. The Kier molecular flexibility index (Phi) is 7.37. The molecule has 0 bridgehead atoms. The first-order chi connectivity index (χ1) is 16.3. The van der Waals surface area contributed by atoms with E-state index >= 15 is 0 Å². The molecule has 2 heterocycles. The SMILES string of the molecule is CCC(=O)Nc1ccc(S(=O)(=O)N2CCN(c3ccc(-c4ccc(Cl)cc4Cl)nn3)CC2)cc1. The van der Waals surface area contributed by atoms with Gasteiger partial charge in [-0.05, 0) is 54.6 Å². The molecule has 1 amide bonds. The summed E-state index contributed by atoms with van der Waals surface area (Å²) in [6.07, 6.45) is 0.353. The van der Waals surface area contributed by atoms with E-state index in [9.17, 15) is 13.2 Å². The Balaban J connectivity index is 1.40. The predicted octanol–water partition coefficient (Wildman–Crippen LogP) is 4.31. The number of nitrogens with one attached hydrogen (secondary N) is 1. The number of aromatic nitrogens is 2. The van der Waals surface area contributed by atoms with E-state index in [4.69, 9.17) is 23.2 Å². The average molecular weight is 520 g/mol. The fourth-order valence-corrected chi connectivity index (χ4v) is 5.53. The largest absolute Gasteiger partial charge is 0.352 e. The van der Waals surface area contributed by atoms with Crippen LogP contribution in [0, 0.1) is 0 Å². The molecule has 0 radical (unpaired) electrons. The molecular weight excluding hydrogens is 497 g/mol. The first-order valence-electron chi connectivity index (χ1n) is 10.7. The molecule has 34 heavy (non-hydrogen) atoms. The fraction of sp³-hybridized carbons (Fsp3) is 0.261. The van der Waals surface area contributed by atoms with Gasteiger partial charge in [-0.3, -0.25) is 4.79 Å². The smallest absolute Gasteiger partial charge is 0.243 e. The van der Waals surface area contributed by atoms with Crippen molar-refractivity contribution in [2.75, 3.05) is 36.4 Å². The summed E-state index contributed by atoms with van der Waals surface area (Å²) in [5, 5.41) is 12.3. The van der Waals surface area contributed by atoms with Gasteiger partial charge in [-0.2, -0.15) is 4.31 Å². The maximum absolute atomic E-state index is 13.0. The number of sulfonamides is 1. The minimum Gasteiger partial charge on any atom is -0.352 e. The number of benzene rings is 2. The number of anilines is 2. The lowest BCUT2D eigenvalue weighted by Crippen LogP contribution is -2.49. The van der Waals surface area contributed by atoms with E-state index in [1.54, 1.807) is 37.3 Å².